The molecule has 0 radical (unpaired) electrons. The molecule has 2 atom stereocenters. The van der Waals surface area contributed by atoms with Crippen molar-refractivity contribution < 1.29 is 108 Å². The zero-order chi connectivity index (χ0) is 75.7. The number of carbonyl (C=O) groups is 4. The number of anilines is 6. The highest BCUT2D eigenvalue weighted by Gasteiger charge is 2.67. The summed E-state index contributed by atoms with van der Waals surface area (Å²) in [6.07, 6.45) is -8.41. The van der Waals surface area contributed by atoms with Crippen LogP contribution in [0.5, 0.6) is 0 Å². The van der Waals surface area contributed by atoms with E-state index in [0.29, 0.717) is 32.9 Å². The maximum absolute atomic E-state index is 13.5. The molecule has 6 aromatic rings. The Bertz CT molecular complexity index is 4080. The van der Waals surface area contributed by atoms with Crippen molar-refractivity contribution in [2.75, 3.05) is 39.9 Å². The Morgan fingerprint density at radius 1 is 0.429 bits per heavy atom. The first-order valence-corrected chi connectivity index (χ1v) is 40.4. The number of aromatic carboxylic acids is 1. The highest BCUT2D eigenvalue weighted by Crippen LogP contribution is 2.62. The third kappa shape index (κ3) is 17.8. The molecule has 2 saturated heterocycles. The average Bonchev–Trinajstić information content (AvgIpc) is 0.972. The number of carbonyl (C=O) groups excluding carboxylic acids is 3. The van der Waals surface area contributed by atoms with Crippen LogP contribution >= 0.6 is 0 Å². The lowest BCUT2D eigenvalue weighted by Gasteiger charge is -2.55. The number of esters is 3. The van der Waals surface area contributed by atoms with Gasteiger partial charge in [-0.1, -0.05) is 36.4 Å². The first kappa shape index (κ1) is 78.7. The van der Waals surface area contributed by atoms with Gasteiger partial charge in [0.15, 0.2) is 30.0 Å². The number of ether oxygens (including phenoxy) is 3. The Labute approximate surface area is 607 Å². The minimum Gasteiger partial charge on any atom is -0.743 e. The topological polar surface area (TPSA) is 237 Å². The largest absolute Gasteiger partial charge is 0.743 e. The summed E-state index contributed by atoms with van der Waals surface area (Å²) in [5.74, 6) is 1.91. The standard InChI is InChI=1S/C24H24NO2S.C23H21NO2S.2C14H17F5O5S/c1-27-24(26)19-9-11-21(12-10-19)25(20-7-3-2-4-8-20)22-13-15-23(16-14-22)28-17-5-6-18-28;25-23(26)18-8-10-20(11-9-18)24(19-6-2-1-3-7-19)21-12-14-22(15-13-21)27-16-4-5-17-27;2*15-13(16,17)10(14(18,19)25(21,22)23)24-11(20)12-4-7-1-8(5-12)3-9(2-7)6-12/h2-4,7-16H,5-6,17-18H2,1H3;1-3,6-15H,4-5,16-17H2;2*7-10H,1-6H2,(H,21,22,23)/q+1;;;/p-1. The molecule has 10 aliphatic rings. The highest BCUT2D eigenvalue weighted by atomic mass is 32.2. The van der Waals surface area contributed by atoms with Gasteiger partial charge in [-0.05, 0) is 260 Å². The van der Waals surface area contributed by atoms with Gasteiger partial charge in [0.1, 0.15) is 23.0 Å². The van der Waals surface area contributed by atoms with Crippen LogP contribution in [0.25, 0.3) is 0 Å². The Balaban J connectivity index is 0.000000140. The Morgan fingerprint density at radius 2 is 0.686 bits per heavy atom. The van der Waals surface area contributed by atoms with E-state index in [1.807, 2.05) is 72.8 Å². The molecule has 30 heteroatoms. The summed E-state index contributed by atoms with van der Waals surface area (Å²) in [5.41, 5.74) is 4.56. The quantitative estimate of drug-likeness (QED) is 0.0277. The van der Waals surface area contributed by atoms with Crippen LogP contribution in [0.3, 0.4) is 0 Å². The van der Waals surface area contributed by atoms with Crippen LogP contribution in [0.15, 0.2) is 168 Å². The summed E-state index contributed by atoms with van der Waals surface area (Å²) in [4.78, 5) is 55.0. The lowest BCUT2D eigenvalue weighted by molar-refractivity contribution is -0.266. The molecule has 566 valence electrons. The van der Waals surface area contributed by atoms with Gasteiger partial charge in [-0.3, -0.25) is 9.59 Å². The fourth-order valence-corrected chi connectivity index (χ4v) is 22.6. The molecule has 16 nitrogen and oxygen atoms in total. The number of carboxylic acid groups (broad SMARTS) is 1. The zero-order valence-corrected chi connectivity index (χ0v) is 60.1. The van der Waals surface area contributed by atoms with Crippen molar-refractivity contribution >= 4 is 100 Å². The highest BCUT2D eigenvalue weighted by molar-refractivity contribution is 7.97. The van der Waals surface area contributed by atoms with Crippen molar-refractivity contribution in [1.82, 2.24) is 0 Å². The van der Waals surface area contributed by atoms with Crippen molar-refractivity contribution in [3.8, 4) is 0 Å². The number of carboxylic acids is 1. The minimum atomic E-state index is -6.67. The van der Waals surface area contributed by atoms with Gasteiger partial charge in [-0.2, -0.15) is 43.9 Å². The summed E-state index contributed by atoms with van der Waals surface area (Å²) in [6, 6.07) is 52.9. The predicted octanol–water partition coefficient (Wildman–Crippen LogP) is 17.0. The second-order valence-electron chi connectivity index (χ2n) is 28.5. The number of benzene rings is 6. The molecule has 0 amide bonds. The monoisotopic (exact) mass is 1550 g/mol. The summed E-state index contributed by atoms with van der Waals surface area (Å²) in [5, 5.41) is -2.41. The molecule has 8 bridgehead atoms. The van der Waals surface area contributed by atoms with Crippen LogP contribution in [0.2, 0.25) is 0 Å². The van der Waals surface area contributed by atoms with Crippen LogP contribution in [0.1, 0.15) is 123 Å². The summed E-state index contributed by atoms with van der Waals surface area (Å²) >= 11 is 0. The van der Waals surface area contributed by atoms with Gasteiger partial charge in [0.05, 0.1) is 29.1 Å². The number of hydrogen-bond acceptors (Lipinski definition) is 15. The molecule has 2 unspecified atom stereocenters. The third-order valence-electron chi connectivity index (χ3n) is 21.1. The lowest BCUT2D eigenvalue weighted by atomic mass is 9.49. The molecule has 1 N–H and O–H groups in total. The molecule has 0 aromatic heterocycles. The molecule has 8 saturated carbocycles. The third-order valence-corrected chi connectivity index (χ3v) is 27.9. The molecular weight excluding hydrogens is 1470 g/mol. The zero-order valence-electron chi connectivity index (χ0n) is 56.8. The minimum absolute atomic E-state index is 0.131. The van der Waals surface area contributed by atoms with E-state index >= 15 is 0 Å². The van der Waals surface area contributed by atoms with Crippen molar-refractivity contribution in [2.45, 2.75) is 148 Å². The van der Waals surface area contributed by atoms with Crippen LogP contribution in [0, 0.1) is 46.3 Å². The molecule has 2 heterocycles. The van der Waals surface area contributed by atoms with E-state index in [9.17, 15) is 89.0 Å². The van der Waals surface area contributed by atoms with Crippen LogP contribution in [0.4, 0.5) is 78.0 Å². The molecular formula is C75H78F10N2O14S4. The second-order valence-corrected chi connectivity index (χ2v) is 36.0. The van der Waals surface area contributed by atoms with Crippen molar-refractivity contribution in [2.24, 2.45) is 46.3 Å². The van der Waals surface area contributed by atoms with Gasteiger partial charge in [-0.25, -0.2) is 26.4 Å². The van der Waals surface area contributed by atoms with Crippen molar-refractivity contribution in [3.63, 3.8) is 0 Å². The Kier molecular flexibility index (Phi) is 23.6. The van der Waals surface area contributed by atoms with E-state index in [1.165, 1.54) is 65.6 Å². The number of methoxy groups -OCH3 is 1. The molecule has 6 aromatic carbocycles. The average molecular weight is 1550 g/mol. The van der Waals surface area contributed by atoms with Gasteiger partial charge in [0.25, 0.3) is 12.2 Å². The summed E-state index contributed by atoms with van der Waals surface area (Å²) < 4.78 is 208. The van der Waals surface area contributed by atoms with Crippen LogP contribution in [-0.2, 0) is 65.8 Å². The van der Waals surface area contributed by atoms with E-state index in [4.69, 9.17) is 9.84 Å². The molecule has 10 fully saturated rings. The van der Waals surface area contributed by atoms with E-state index < -0.39 is 84.0 Å². The van der Waals surface area contributed by atoms with Gasteiger partial charge in [0.2, 0.25) is 0 Å². The fourth-order valence-electron chi connectivity index (χ4n) is 17.1. The van der Waals surface area contributed by atoms with Crippen LogP contribution in [-0.4, -0.2) is 120 Å². The van der Waals surface area contributed by atoms with Crippen molar-refractivity contribution in [3.05, 3.63) is 169 Å². The normalized spacial score (nSPS) is 24.7. The maximum atomic E-state index is 13.5. The van der Waals surface area contributed by atoms with Gasteiger partial charge >= 0.3 is 46.7 Å². The number of halogens is 10. The number of alkyl halides is 10. The molecule has 2 aliphatic heterocycles. The molecule has 105 heavy (non-hydrogen) atoms. The molecule has 0 spiro atoms. The number of rotatable bonds is 18. The SMILES string of the molecule is COC(=O)c1ccc(N(c2ccccc2)c2ccc([S+]3CCCC3)cc2)cc1.O=C(O)c1ccc(N(c2ccccc2)c2ccc([S+]3CCCC3)cc2)cc1.O=C(OC(C(F)(F)F)C(F)(F)S(=O)(=O)[O-])C12CC3CC(CC(C3)C1)C2.O=C(OC(C(F)(F)F)C(F)(F)S(=O)(=O)[O-])C12CC3CC(CC(C3)C1)C2. The Morgan fingerprint density at radius 3 is 0.933 bits per heavy atom. The van der Waals surface area contributed by atoms with E-state index in [1.54, 1.807) is 12.1 Å². The van der Waals surface area contributed by atoms with Crippen LogP contribution < -0.4 is 9.80 Å². The molecule has 16 rings (SSSR count). The number of para-hydroxylation sites is 2. The van der Waals surface area contributed by atoms with E-state index in [-0.39, 0.29) is 80.0 Å². The summed E-state index contributed by atoms with van der Waals surface area (Å²) in [7, 11) is -11.1. The smallest absolute Gasteiger partial charge is 0.432 e. The number of nitrogens with zero attached hydrogens (tertiary/aromatic N) is 2. The lowest BCUT2D eigenvalue weighted by Crippen LogP contribution is -2.56. The summed E-state index contributed by atoms with van der Waals surface area (Å²) in [6.45, 7) is 0. The van der Waals surface area contributed by atoms with Gasteiger partial charge in [0, 0.05) is 55.9 Å². The predicted molar refractivity (Wildman–Crippen MR) is 372 cm³/mol. The maximum Gasteiger partial charge on any atom is 0.432 e. The first-order valence-electron chi connectivity index (χ1n) is 34.5. The van der Waals surface area contributed by atoms with Gasteiger partial charge in [-0.15, -0.1) is 0 Å². The molecule has 8 aliphatic carbocycles. The fraction of sp³-hybridized carbons (Fsp3) is 0.467. The van der Waals surface area contributed by atoms with E-state index in [2.05, 4.69) is 92.1 Å². The van der Waals surface area contributed by atoms with Gasteiger partial charge < -0.3 is 38.2 Å². The number of hydrogen-bond donors (Lipinski definition) is 1. The van der Waals surface area contributed by atoms with Crippen molar-refractivity contribution in [1.29, 1.82) is 0 Å². The Hall–Kier alpha value is -7.38. The first-order chi connectivity index (χ1) is 49.5. The van der Waals surface area contributed by atoms with E-state index in [0.717, 1.165) is 72.6 Å². The second kappa shape index (κ2) is 31.4.